The van der Waals surface area contributed by atoms with E-state index in [0.717, 1.165) is 28.8 Å². The number of amides is 3. The van der Waals surface area contributed by atoms with Crippen molar-refractivity contribution in [3.8, 4) is 12.3 Å². The summed E-state index contributed by atoms with van der Waals surface area (Å²) < 4.78 is 28.5. The monoisotopic (exact) mass is 503 g/mol. The Bertz CT molecular complexity index is 1250. The molecule has 3 amide bonds. The van der Waals surface area contributed by atoms with Gasteiger partial charge in [0.15, 0.2) is 0 Å². The Labute approximate surface area is 202 Å². The SMILES string of the molecule is C#Cc1ccc(C(=O)N[C@H](CCS(C)(=O)=O)C(=O)Nc2ccc(N3CCOCC3=O)c(C)c2)s1. The number of hydrogen-bond donors (Lipinski definition) is 2. The largest absolute Gasteiger partial charge is 0.370 e. The first kappa shape index (κ1) is 25.4. The minimum atomic E-state index is -3.36. The van der Waals surface area contributed by atoms with Crippen LogP contribution in [0.4, 0.5) is 11.4 Å². The van der Waals surface area contributed by atoms with Crippen LogP contribution in [0, 0.1) is 19.3 Å². The van der Waals surface area contributed by atoms with E-state index in [9.17, 15) is 22.8 Å². The summed E-state index contributed by atoms with van der Waals surface area (Å²) in [4.78, 5) is 40.2. The number of nitrogens with one attached hydrogen (secondary N) is 2. The molecule has 3 rings (SSSR count). The standard InChI is InChI=1S/C23H25N3O6S2/c1-4-17-6-8-20(33-17)23(29)25-18(9-12-34(3,30)31)22(28)24-16-5-7-19(15(2)13-16)26-10-11-32-14-21(26)27/h1,5-8,13,18H,9-12,14H2,2-3H3,(H,24,28)(H,25,29)/t18-/m1/s1. The van der Waals surface area contributed by atoms with E-state index in [4.69, 9.17) is 11.2 Å². The number of morpholine rings is 1. The molecule has 0 unspecified atom stereocenters. The second-order valence-corrected chi connectivity index (χ2v) is 11.2. The molecule has 0 spiro atoms. The fraction of sp³-hybridized carbons (Fsp3) is 0.348. The second-order valence-electron chi connectivity index (χ2n) is 7.84. The number of thiophene rings is 1. The summed E-state index contributed by atoms with van der Waals surface area (Å²) in [6.07, 6.45) is 6.31. The highest BCUT2D eigenvalue weighted by Crippen LogP contribution is 2.25. The van der Waals surface area contributed by atoms with Crippen LogP contribution in [0.1, 0.15) is 26.5 Å². The molecule has 0 saturated carbocycles. The Morgan fingerprint density at radius 2 is 2.06 bits per heavy atom. The minimum Gasteiger partial charge on any atom is -0.370 e. The molecule has 1 aliphatic heterocycles. The van der Waals surface area contributed by atoms with Crippen LogP contribution in [-0.2, 0) is 24.2 Å². The topological polar surface area (TPSA) is 122 Å². The van der Waals surface area contributed by atoms with Gasteiger partial charge in [-0.15, -0.1) is 17.8 Å². The van der Waals surface area contributed by atoms with Crippen molar-refractivity contribution in [3.05, 3.63) is 45.6 Å². The van der Waals surface area contributed by atoms with E-state index in [1.54, 1.807) is 35.2 Å². The summed E-state index contributed by atoms with van der Waals surface area (Å²) in [7, 11) is -3.36. The van der Waals surface area contributed by atoms with E-state index in [0.29, 0.717) is 28.6 Å². The molecular formula is C23H25N3O6S2. The first-order valence-electron chi connectivity index (χ1n) is 10.4. The van der Waals surface area contributed by atoms with Gasteiger partial charge < -0.3 is 20.3 Å². The molecule has 1 aliphatic rings. The third-order valence-electron chi connectivity index (χ3n) is 5.11. The zero-order valence-electron chi connectivity index (χ0n) is 18.8. The van der Waals surface area contributed by atoms with Gasteiger partial charge in [-0.3, -0.25) is 14.4 Å². The third-order valence-corrected chi connectivity index (χ3v) is 7.10. The number of sulfone groups is 1. The molecule has 1 fully saturated rings. The Kier molecular flexibility index (Phi) is 8.09. The average Bonchev–Trinajstić information content (AvgIpc) is 3.26. The quantitative estimate of drug-likeness (QED) is 0.528. The fourth-order valence-electron chi connectivity index (χ4n) is 3.41. The van der Waals surface area contributed by atoms with E-state index in [-0.39, 0.29) is 24.7 Å². The number of anilines is 2. The molecule has 11 heteroatoms. The van der Waals surface area contributed by atoms with Gasteiger partial charge in [0.1, 0.15) is 22.5 Å². The van der Waals surface area contributed by atoms with Gasteiger partial charge in [-0.2, -0.15) is 0 Å². The van der Waals surface area contributed by atoms with Crippen LogP contribution in [-0.4, -0.2) is 63.9 Å². The number of carbonyl (C=O) groups excluding carboxylic acids is 3. The molecular weight excluding hydrogens is 478 g/mol. The first-order chi connectivity index (χ1) is 16.1. The van der Waals surface area contributed by atoms with Gasteiger partial charge in [0.2, 0.25) is 5.91 Å². The number of hydrogen-bond acceptors (Lipinski definition) is 7. The van der Waals surface area contributed by atoms with Crippen molar-refractivity contribution in [1.29, 1.82) is 0 Å². The molecule has 2 heterocycles. The molecule has 34 heavy (non-hydrogen) atoms. The molecule has 1 saturated heterocycles. The number of carbonyl (C=O) groups is 3. The molecule has 180 valence electrons. The van der Waals surface area contributed by atoms with Crippen LogP contribution in [0.15, 0.2) is 30.3 Å². The molecule has 0 bridgehead atoms. The first-order valence-corrected chi connectivity index (χ1v) is 13.3. The molecule has 1 aromatic heterocycles. The van der Waals surface area contributed by atoms with Crippen LogP contribution in [0.25, 0.3) is 0 Å². The predicted octanol–water partition coefficient (Wildman–Crippen LogP) is 1.57. The number of benzene rings is 1. The van der Waals surface area contributed by atoms with E-state index < -0.39 is 27.7 Å². The third kappa shape index (κ3) is 6.66. The number of aryl methyl sites for hydroxylation is 1. The summed E-state index contributed by atoms with van der Waals surface area (Å²) in [6.45, 7) is 2.72. The maximum atomic E-state index is 13.0. The maximum Gasteiger partial charge on any atom is 0.262 e. The Morgan fingerprint density at radius 3 is 2.68 bits per heavy atom. The van der Waals surface area contributed by atoms with Gasteiger partial charge >= 0.3 is 0 Å². The number of terminal acetylenes is 1. The van der Waals surface area contributed by atoms with Gasteiger partial charge in [-0.1, -0.05) is 5.92 Å². The van der Waals surface area contributed by atoms with Gasteiger partial charge in [0, 0.05) is 24.2 Å². The van der Waals surface area contributed by atoms with Crippen molar-refractivity contribution in [2.75, 3.05) is 42.0 Å². The highest BCUT2D eigenvalue weighted by atomic mass is 32.2. The number of nitrogens with zero attached hydrogens (tertiary/aromatic N) is 1. The minimum absolute atomic E-state index is 0.0206. The molecule has 0 radical (unpaired) electrons. The normalized spacial score (nSPS) is 14.9. The van der Waals surface area contributed by atoms with Crippen molar-refractivity contribution in [2.24, 2.45) is 0 Å². The predicted molar refractivity (Wildman–Crippen MR) is 131 cm³/mol. The van der Waals surface area contributed by atoms with Crippen molar-refractivity contribution >= 4 is 50.3 Å². The van der Waals surface area contributed by atoms with Gasteiger partial charge in [0.25, 0.3) is 11.8 Å². The summed E-state index contributed by atoms with van der Waals surface area (Å²) in [5.74, 6) is 0.952. The van der Waals surface area contributed by atoms with E-state index in [1.165, 1.54) is 0 Å². The highest BCUT2D eigenvalue weighted by Gasteiger charge is 2.25. The van der Waals surface area contributed by atoms with Crippen LogP contribution >= 0.6 is 11.3 Å². The van der Waals surface area contributed by atoms with Crippen molar-refractivity contribution in [2.45, 2.75) is 19.4 Å². The molecule has 1 aromatic carbocycles. The second kappa shape index (κ2) is 10.8. The molecule has 2 N–H and O–H groups in total. The van der Waals surface area contributed by atoms with Crippen LogP contribution in [0.3, 0.4) is 0 Å². The van der Waals surface area contributed by atoms with Crippen LogP contribution in [0.2, 0.25) is 0 Å². The van der Waals surface area contributed by atoms with Crippen molar-refractivity contribution in [1.82, 2.24) is 5.32 Å². The lowest BCUT2D eigenvalue weighted by atomic mass is 10.1. The average molecular weight is 504 g/mol. The molecule has 2 aromatic rings. The molecule has 9 nitrogen and oxygen atoms in total. The Hall–Kier alpha value is -3.20. The van der Waals surface area contributed by atoms with Crippen LogP contribution in [0.5, 0.6) is 0 Å². The Balaban J connectivity index is 1.75. The van der Waals surface area contributed by atoms with Crippen molar-refractivity contribution in [3.63, 3.8) is 0 Å². The summed E-state index contributed by atoms with van der Waals surface area (Å²) >= 11 is 1.10. The van der Waals surface area contributed by atoms with Gasteiger partial charge in [-0.25, -0.2) is 8.42 Å². The Morgan fingerprint density at radius 1 is 1.29 bits per heavy atom. The number of ether oxygens (including phenoxy) is 1. The van der Waals surface area contributed by atoms with E-state index in [2.05, 4.69) is 16.6 Å². The lowest BCUT2D eigenvalue weighted by Crippen LogP contribution is -2.44. The molecule has 1 atom stereocenters. The summed E-state index contributed by atoms with van der Waals surface area (Å²) in [6, 6.07) is 7.18. The summed E-state index contributed by atoms with van der Waals surface area (Å²) in [5.41, 5.74) is 1.94. The van der Waals surface area contributed by atoms with Gasteiger partial charge in [0.05, 0.1) is 22.1 Å². The summed E-state index contributed by atoms with van der Waals surface area (Å²) in [5, 5.41) is 5.33. The van der Waals surface area contributed by atoms with Gasteiger partial charge in [-0.05, 0) is 49.2 Å². The van der Waals surface area contributed by atoms with Crippen molar-refractivity contribution < 1.29 is 27.5 Å². The number of rotatable bonds is 8. The van der Waals surface area contributed by atoms with Crippen LogP contribution < -0.4 is 15.5 Å². The maximum absolute atomic E-state index is 13.0. The highest BCUT2D eigenvalue weighted by molar-refractivity contribution is 7.90. The molecule has 0 aliphatic carbocycles. The lowest BCUT2D eigenvalue weighted by molar-refractivity contribution is -0.125. The smallest absolute Gasteiger partial charge is 0.262 e. The zero-order chi connectivity index (χ0) is 24.9. The van der Waals surface area contributed by atoms with E-state index >= 15 is 0 Å². The lowest BCUT2D eigenvalue weighted by Gasteiger charge is -2.28. The van der Waals surface area contributed by atoms with E-state index in [1.807, 2.05) is 6.92 Å². The fourth-order valence-corrected chi connectivity index (χ4v) is 4.79. The zero-order valence-corrected chi connectivity index (χ0v) is 20.4.